The number of Topliss-reactive ketones (excluding diaryl/α,β-unsaturated/α-hetero) is 3. The highest BCUT2D eigenvalue weighted by molar-refractivity contribution is 6.39. The molecular weight excluding hydrogens is 1690 g/mol. The van der Waals surface area contributed by atoms with Crippen molar-refractivity contribution in [3.05, 3.63) is 166 Å². The third-order valence-corrected chi connectivity index (χ3v) is 27.3. The number of rotatable bonds is 21. The number of piperidine rings is 1. The number of nitrogens with one attached hydrogen (secondary N) is 1. The van der Waals surface area contributed by atoms with Gasteiger partial charge in [0.1, 0.15) is 29.8 Å². The normalized spacial score (nSPS) is 28.2. The Morgan fingerprint density at radius 3 is 2.23 bits per heavy atom. The SMILES string of the molecule is CO[C@H]1C[C@@H]2CC[C@@H](C)[C@@](O)(O2)C(=O)C(=O)N2CCCC[C@H]2C(=O)O[C@H]([C@H](N)C[C@@H]2CC[C@@H](O)[C@H](OC)C2)CC(=O)[C@H](C)/C=C(\C)[C@@H](OC(=O)NCc2cnc(N3CCN(C(=O)CCOCCN4CCN(c5ncc(C(=O)N6CCc7cc(CC8N=C(c9ccc%10oc(N)nc%10c9)c9cncnc98)ccc7C6)cn5)CC4)CC3)nc2)[C@@H](OC)C(=O)[C@H](C)C[C@H](C)/C=C/C=CC=C1C. The number of esters is 1. The molecule has 11 heterocycles. The van der Waals surface area contributed by atoms with Crippen LogP contribution in [0.4, 0.5) is 22.7 Å². The lowest BCUT2D eigenvalue weighted by Gasteiger charge is -2.42. The van der Waals surface area contributed by atoms with Crippen molar-refractivity contribution in [2.24, 2.45) is 40.3 Å². The van der Waals surface area contributed by atoms with E-state index in [2.05, 4.69) is 68.2 Å². The number of aromatic nitrogens is 7. The molecule has 0 spiro atoms. The number of aliphatic imine (C=N–C) groups is 1. The number of nitrogen functional groups attached to an aromatic ring is 1. The van der Waals surface area contributed by atoms with Crippen LogP contribution < -0.4 is 26.6 Å². The molecule has 132 heavy (non-hydrogen) atoms. The van der Waals surface area contributed by atoms with Crippen LogP contribution in [0.15, 0.2) is 131 Å². The van der Waals surface area contributed by atoms with Gasteiger partial charge in [0, 0.05) is 197 Å². The van der Waals surface area contributed by atoms with E-state index >= 15 is 0 Å². The molecule has 1 saturated carbocycles. The van der Waals surface area contributed by atoms with Crippen LogP contribution in [-0.2, 0) is 87.9 Å². The fraction of sp³-hybridized carbons (Fsp3) is 0.567. The Hall–Kier alpha value is -11.0. The molecule has 708 valence electrons. The number of amides is 4. The van der Waals surface area contributed by atoms with E-state index in [1.54, 1.807) is 72.0 Å². The fourth-order valence-corrected chi connectivity index (χ4v) is 19.4. The number of aliphatic hydroxyl groups is 2. The topological polar surface area (TPSA) is 441 Å². The largest absolute Gasteiger partial charge is 0.459 e. The molecule has 8 aliphatic rings. The quantitative estimate of drug-likeness (QED) is 0.0196. The van der Waals surface area contributed by atoms with Gasteiger partial charge in [-0.25, -0.2) is 39.5 Å². The number of anilines is 3. The van der Waals surface area contributed by atoms with Gasteiger partial charge in [-0.15, -0.1) is 0 Å². The minimum Gasteiger partial charge on any atom is -0.459 e. The molecule has 7 N–H and O–H groups in total. The van der Waals surface area contributed by atoms with Gasteiger partial charge in [0.2, 0.25) is 23.6 Å². The average Bonchev–Trinajstić information content (AvgIpc) is 1.01. The summed E-state index contributed by atoms with van der Waals surface area (Å²) in [6, 6.07) is 9.86. The summed E-state index contributed by atoms with van der Waals surface area (Å²) in [5.74, 6) is -8.15. The molecule has 14 rings (SSSR count). The summed E-state index contributed by atoms with van der Waals surface area (Å²) in [4.78, 5) is 163. The van der Waals surface area contributed by atoms with Crippen LogP contribution in [0, 0.1) is 29.6 Å². The number of ether oxygens (including phenoxy) is 7. The van der Waals surface area contributed by atoms with E-state index in [1.165, 1.54) is 19.8 Å². The van der Waals surface area contributed by atoms with Crippen molar-refractivity contribution in [2.75, 3.05) is 122 Å². The number of nitrogens with two attached hydrogens (primary N) is 2. The van der Waals surface area contributed by atoms with Crippen LogP contribution >= 0.6 is 0 Å². The van der Waals surface area contributed by atoms with Crippen molar-refractivity contribution in [1.82, 2.24) is 59.8 Å². The number of piperazine rings is 2. The third kappa shape index (κ3) is 23.8. The molecule has 4 aromatic heterocycles. The van der Waals surface area contributed by atoms with Crippen molar-refractivity contribution in [3.63, 3.8) is 0 Å². The second kappa shape index (κ2) is 44.7. The summed E-state index contributed by atoms with van der Waals surface area (Å²) in [7, 11) is 4.43. The molecule has 2 bridgehead atoms. The highest BCUT2D eigenvalue weighted by atomic mass is 16.6. The molecule has 7 aliphatic heterocycles. The van der Waals surface area contributed by atoms with E-state index in [9.17, 15) is 48.6 Å². The number of carbonyl (C=O) groups is 8. The number of cyclic esters (lactones) is 1. The Kier molecular flexibility index (Phi) is 32.8. The van der Waals surface area contributed by atoms with Crippen LogP contribution in [0.25, 0.3) is 11.1 Å². The van der Waals surface area contributed by atoms with Crippen LogP contribution in [0.2, 0.25) is 0 Å². The summed E-state index contributed by atoms with van der Waals surface area (Å²) < 4.78 is 47.7. The molecule has 35 nitrogen and oxygen atoms in total. The van der Waals surface area contributed by atoms with Gasteiger partial charge in [-0.3, -0.25) is 38.7 Å². The summed E-state index contributed by atoms with van der Waals surface area (Å²) in [5.41, 5.74) is 23.1. The number of carbonyl (C=O) groups excluding carboxylic acids is 8. The summed E-state index contributed by atoms with van der Waals surface area (Å²) in [6.45, 7) is 17.8. The first-order valence-corrected chi connectivity index (χ1v) is 46.5. The maximum absolute atomic E-state index is 14.8. The number of nitrogens with zero attached hydrogens (tertiary/aromatic N) is 14. The molecule has 16 atom stereocenters. The number of benzene rings is 2. The van der Waals surface area contributed by atoms with Crippen LogP contribution in [-0.4, -0.2) is 285 Å². The molecule has 2 aromatic carbocycles. The Morgan fingerprint density at radius 2 is 1.48 bits per heavy atom. The molecule has 5 fully saturated rings. The van der Waals surface area contributed by atoms with Crippen molar-refractivity contribution < 1.29 is 86.1 Å². The van der Waals surface area contributed by atoms with Gasteiger partial charge in [0.05, 0.1) is 67.1 Å². The Labute approximate surface area is 770 Å². The maximum Gasteiger partial charge on any atom is 0.408 e. The lowest BCUT2D eigenvalue weighted by Crippen LogP contribution is -2.61. The number of alkyl carbamates (subject to hydrolysis) is 1. The van der Waals surface area contributed by atoms with Gasteiger partial charge >= 0.3 is 12.1 Å². The molecule has 1 aliphatic carbocycles. The van der Waals surface area contributed by atoms with Gasteiger partial charge in [0.15, 0.2) is 23.6 Å². The summed E-state index contributed by atoms with van der Waals surface area (Å²) in [5, 5.41) is 25.7. The molecule has 4 saturated heterocycles. The van der Waals surface area contributed by atoms with E-state index in [4.69, 9.17) is 54.0 Å². The monoisotopic (exact) mass is 1820 g/mol. The number of aliphatic hydroxyl groups excluding tert-OH is 1. The second-order valence-corrected chi connectivity index (χ2v) is 36.6. The van der Waals surface area contributed by atoms with Crippen LogP contribution in [0.3, 0.4) is 0 Å². The van der Waals surface area contributed by atoms with Gasteiger partial charge < -0.3 is 89.1 Å². The number of methoxy groups -OCH3 is 3. The number of hydrogen-bond donors (Lipinski definition) is 5. The average molecular weight is 1820 g/mol. The first-order valence-electron chi connectivity index (χ1n) is 46.5. The maximum atomic E-state index is 14.8. The second-order valence-electron chi connectivity index (χ2n) is 36.6. The predicted octanol–water partition coefficient (Wildman–Crippen LogP) is 8.11. The fourth-order valence-electron chi connectivity index (χ4n) is 19.4. The number of hydrogen-bond acceptors (Lipinski definition) is 31. The van der Waals surface area contributed by atoms with E-state index in [0.717, 1.165) is 57.2 Å². The minimum absolute atomic E-state index is 0.00207. The molecule has 35 heteroatoms. The standard InChI is InChI=1S/C97H127N17O18/c1-58-15-11-10-12-16-59(2)80(125-7)48-71-23-18-63(6)97(124,132-71)89(119)91(121)114-28-14-13-17-76(114)92(122)129-81(73(98)44-65-20-24-77(115)82(46-65)126-8)49-78(116)60(3)42-62(5)87(88(127-9)86(118)61(4)41-58)131-96(123)105-52-66-50-101-94(102-51-66)112-36-34-110(35-37-112)83(117)27-39-128-40-38-109-30-32-111(33-31-109)95-103-53-70(54-104-95)90(120)113-29-26-67-43-64(19-21-69(67)56-113)45-75-85-72(55-100-57-106-85)84(107-75)68-22-25-79-74(47-68)108-93(99)130-79/h10-12,15-16,19,21-22,25,42-43,47,50-51,53-55,57-58,60-61,63,65,71,73,75-77,80-82,87-88,115,124H,13-14,17-18,20,23-24,26-41,44-46,48-49,52,56,98H2,1-9H3,(H2,99,108)(H,105,123)/b12-10?,15-11+,59-16?,62-42+/t58-,60-,61-,63-,65+,71+,73-,75?,76+,77-,80+,81+,82-,87-,88+,97-/m1/s1. The molecule has 6 aromatic rings. The van der Waals surface area contributed by atoms with Crippen molar-refractivity contribution in [2.45, 2.75) is 218 Å². The minimum atomic E-state index is -2.51. The van der Waals surface area contributed by atoms with E-state index in [0.29, 0.717) is 169 Å². The van der Waals surface area contributed by atoms with E-state index in [-0.39, 0.29) is 86.9 Å². The highest BCUT2D eigenvalue weighted by Crippen LogP contribution is 2.40. The molecule has 1 unspecified atom stereocenters. The number of fused-ring (bicyclic) bond motifs is 6. The zero-order valence-corrected chi connectivity index (χ0v) is 77.1. The Bertz CT molecular complexity index is 5220. The summed E-state index contributed by atoms with van der Waals surface area (Å²) in [6.07, 6.45) is 19.1. The van der Waals surface area contributed by atoms with Crippen molar-refractivity contribution >= 4 is 81.9 Å². The van der Waals surface area contributed by atoms with Crippen LogP contribution in [0.5, 0.6) is 0 Å². The van der Waals surface area contributed by atoms with Gasteiger partial charge in [-0.05, 0) is 142 Å². The zero-order chi connectivity index (χ0) is 93.4. The van der Waals surface area contributed by atoms with E-state index < -0.39 is 114 Å². The molecular formula is C97H127N17O18. The first-order chi connectivity index (χ1) is 63.6. The Morgan fingerprint density at radius 1 is 0.735 bits per heavy atom. The smallest absolute Gasteiger partial charge is 0.408 e. The first kappa shape index (κ1) is 97.0. The van der Waals surface area contributed by atoms with Crippen molar-refractivity contribution in [1.29, 1.82) is 0 Å². The van der Waals surface area contributed by atoms with Gasteiger partial charge in [-0.1, -0.05) is 82.4 Å². The lowest BCUT2D eigenvalue weighted by molar-refractivity contribution is -0.265. The number of oxazole rings is 1. The van der Waals surface area contributed by atoms with Gasteiger partial charge in [0.25, 0.3) is 23.6 Å². The number of ketones is 3. The highest BCUT2D eigenvalue weighted by Gasteiger charge is 2.54. The lowest BCUT2D eigenvalue weighted by atomic mass is 9.80. The number of allylic oxidation sites excluding steroid dienone is 6. The van der Waals surface area contributed by atoms with E-state index in [1.807, 2.05) is 83.3 Å². The predicted molar refractivity (Wildman–Crippen MR) is 489 cm³/mol. The Balaban J connectivity index is 0.538. The third-order valence-electron chi connectivity index (χ3n) is 27.3. The summed E-state index contributed by atoms with van der Waals surface area (Å²) >= 11 is 0. The van der Waals surface area contributed by atoms with Gasteiger partial charge in [-0.2, -0.15) is 4.98 Å². The van der Waals surface area contributed by atoms with Crippen LogP contribution in [0.1, 0.15) is 180 Å². The molecule has 0 radical (unpaired) electrons. The zero-order valence-electron chi connectivity index (χ0n) is 77.1. The molecule has 4 amide bonds. The van der Waals surface area contributed by atoms with Crippen molar-refractivity contribution in [3.8, 4) is 0 Å².